The van der Waals surface area contributed by atoms with Crippen molar-refractivity contribution in [3.05, 3.63) is 48.8 Å². The Balaban J connectivity index is 2.57. The first-order valence-corrected chi connectivity index (χ1v) is 10.3. The Kier molecular flexibility index (Phi) is 6.40. The van der Waals surface area contributed by atoms with Crippen LogP contribution >= 0.6 is 0 Å². The van der Waals surface area contributed by atoms with E-state index in [-0.39, 0.29) is 12.2 Å². The number of carbonyl (C=O) groups is 2. The van der Waals surface area contributed by atoms with Crippen LogP contribution in [0.3, 0.4) is 0 Å². The molecule has 1 saturated carbocycles. The first-order valence-electron chi connectivity index (χ1n) is 10.3. The molecule has 4 aliphatic carbocycles. The standard InChI is InChI=1S/C24H32O8/c1-9-11-15-13-22(28-4)20(26)23(29-5,30-6)17(15)18-21(22,12-10-2)14-16(27-3)19(25)24(18,31-7)32-8/h9-10,13-14,17-18H,1-2,11-12H2,3-8H3/t17-,18+,21+,22-/m1/s1. The average Bonchev–Trinajstić information content (AvgIpc) is 2.81. The second-order valence-corrected chi connectivity index (χ2v) is 8.16. The van der Waals surface area contributed by atoms with Gasteiger partial charge < -0.3 is 28.4 Å². The summed E-state index contributed by atoms with van der Waals surface area (Å²) in [7, 11) is 8.41. The minimum absolute atomic E-state index is 0.0164. The van der Waals surface area contributed by atoms with Crippen molar-refractivity contribution in [2.75, 3.05) is 42.7 Å². The average molecular weight is 449 g/mol. The molecule has 0 aromatic heterocycles. The van der Waals surface area contributed by atoms with E-state index < -0.39 is 46.0 Å². The monoisotopic (exact) mass is 448 g/mol. The zero-order valence-electron chi connectivity index (χ0n) is 19.6. The Hall–Kier alpha value is -2.10. The second kappa shape index (κ2) is 8.35. The van der Waals surface area contributed by atoms with Crippen LogP contribution in [0.25, 0.3) is 0 Å². The van der Waals surface area contributed by atoms with Crippen molar-refractivity contribution in [2.45, 2.75) is 30.0 Å². The molecule has 8 nitrogen and oxygen atoms in total. The highest BCUT2D eigenvalue weighted by atomic mass is 16.7. The zero-order chi connectivity index (χ0) is 23.9. The fraction of sp³-hybridized carbons (Fsp3) is 0.583. The van der Waals surface area contributed by atoms with E-state index in [0.29, 0.717) is 6.42 Å². The Morgan fingerprint density at radius 1 is 0.875 bits per heavy atom. The fourth-order valence-electron chi connectivity index (χ4n) is 6.20. The quantitative estimate of drug-likeness (QED) is 0.372. The van der Waals surface area contributed by atoms with Gasteiger partial charge in [0, 0.05) is 46.9 Å². The first kappa shape index (κ1) is 24.5. The molecular formula is C24H32O8. The van der Waals surface area contributed by atoms with Crippen molar-refractivity contribution in [1.82, 2.24) is 0 Å². The third kappa shape index (κ3) is 2.55. The van der Waals surface area contributed by atoms with Crippen molar-refractivity contribution >= 4 is 11.6 Å². The van der Waals surface area contributed by atoms with Gasteiger partial charge in [0.1, 0.15) is 0 Å². The zero-order valence-corrected chi connectivity index (χ0v) is 19.6. The summed E-state index contributed by atoms with van der Waals surface area (Å²) in [4.78, 5) is 27.8. The van der Waals surface area contributed by atoms with E-state index in [9.17, 15) is 9.59 Å². The van der Waals surface area contributed by atoms with Gasteiger partial charge in [-0.1, -0.05) is 17.7 Å². The van der Waals surface area contributed by atoms with Gasteiger partial charge >= 0.3 is 0 Å². The highest BCUT2D eigenvalue weighted by Crippen LogP contribution is 2.69. The van der Waals surface area contributed by atoms with Crippen LogP contribution in [0.4, 0.5) is 0 Å². The smallest absolute Gasteiger partial charge is 0.256 e. The fourth-order valence-corrected chi connectivity index (χ4v) is 6.20. The lowest BCUT2D eigenvalue weighted by atomic mass is 9.41. The maximum atomic E-state index is 14.2. The summed E-state index contributed by atoms with van der Waals surface area (Å²) in [5, 5.41) is 0. The molecule has 0 heterocycles. The number of hydrogen-bond acceptors (Lipinski definition) is 8. The SMILES string of the molecule is C=CCC1=C[C@@]2(OC)C(=O)C(OC)(OC)[C@H]1[C@@H]1C(OC)(OC)C(=O)C(OC)=C[C@@]12CC=C. The van der Waals surface area contributed by atoms with Gasteiger partial charge in [-0.25, -0.2) is 0 Å². The van der Waals surface area contributed by atoms with Crippen molar-refractivity contribution in [1.29, 1.82) is 0 Å². The molecule has 4 atom stereocenters. The molecule has 0 N–H and O–H groups in total. The van der Waals surface area contributed by atoms with Gasteiger partial charge in [-0.2, -0.15) is 0 Å². The van der Waals surface area contributed by atoms with E-state index in [2.05, 4.69) is 13.2 Å². The summed E-state index contributed by atoms with van der Waals surface area (Å²) in [6, 6.07) is 0. The molecule has 2 bridgehead atoms. The third-order valence-corrected chi connectivity index (χ3v) is 7.39. The van der Waals surface area contributed by atoms with Gasteiger partial charge in [0.25, 0.3) is 5.78 Å². The lowest BCUT2D eigenvalue weighted by Crippen LogP contribution is -2.81. The van der Waals surface area contributed by atoms with Crippen LogP contribution in [0, 0.1) is 17.3 Å². The molecule has 0 spiro atoms. The minimum Gasteiger partial charge on any atom is -0.493 e. The molecule has 4 rings (SSSR count). The maximum absolute atomic E-state index is 14.2. The van der Waals surface area contributed by atoms with Gasteiger partial charge in [0.2, 0.25) is 17.4 Å². The number of rotatable bonds is 10. The van der Waals surface area contributed by atoms with E-state index in [4.69, 9.17) is 28.4 Å². The summed E-state index contributed by atoms with van der Waals surface area (Å²) in [6.45, 7) is 7.77. The van der Waals surface area contributed by atoms with Crippen LogP contribution in [-0.4, -0.2) is 71.4 Å². The Morgan fingerprint density at radius 3 is 1.91 bits per heavy atom. The molecule has 0 radical (unpaired) electrons. The number of methoxy groups -OCH3 is 6. The van der Waals surface area contributed by atoms with Crippen LogP contribution < -0.4 is 0 Å². The van der Waals surface area contributed by atoms with E-state index >= 15 is 0 Å². The minimum atomic E-state index is -1.80. The highest BCUT2D eigenvalue weighted by molar-refractivity contribution is 6.05. The number of Topliss-reactive ketones (excluding diaryl/α,β-unsaturated/α-hetero) is 2. The topological polar surface area (TPSA) is 89.5 Å². The van der Waals surface area contributed by atoms with Crippen molar-refractivity contribution < 1.29 is 38.0 Å². The molecule has 0 aliphatic heterocycles. The van der Waals surface area contributed by atoms with Gasteiger partial charge in [0.15, 0.2) is 11.4 Å². The number of carbonyl (C=O) groups excluding carboxylic acids is 2. The van der Waals surface area contributed by atoms with E-state index in [1.165, 1.54) is 42.7 Å². The number of ether oxygens (including phenoxy) is 6. The summed E-state index contributed by atoms with van der Waals surface area (Å²) >= 11 is 0. The molecule has 0 saturated heterocycles. The molecule has 176 valence electrons. The largest absolute Gasteiger partial charge is 0.493 e. The predicted octanol–water partition coefficient (Wildman–Crippen LogP) is 2.36. The molecule has 0 aromatic carbocycles. The van der Waals surface area contributed by atoms with Crippen LogP contribution in [0.1, 0.15) is 12.8 Å². The normalized spacial score (nSPS) is 34.4. The van der Waals surface area contributed by atoms with Crippen molar-refractivity contribution in [3.8, 4) is 0 Å². The second-order valence-electron chi connectivity index (χ2n) is 8.16. The highest BCUT2D eigenvalue weighted by Gasteiger charge is 2.82. The Morgan fingerprint density at radius 2 is 1.47 bits per heavy atom. The lowest BCUT2D eigenvalue weighted by molar-refractivity contribution is -0.330. The number of allylic oxidation sites excluding steroid dienone is 2. The third-order valence-electron chi connectivity index (χ3n) is 7.39. The Labute approximate surface area is 188 Å². The van der Waals surface area contributed by atoms with E-state index in [1.807, 2.05) is 0 Å². The summed E-state index contributed by atoms with van der Waals surface area (Å²) in [5.74, 6) is -5.98. The first-order chi connectivity index (χ1) is 15.3. The van der Waals surface area contributed by atoms with Gasteiger partial charge in [-0.3, -0.25) is 9.59 Å². The number of ketones is 2. The molecular weight excluding hydrogens is 416 g/mol. The molecule has 1 fully saturated rings. The molecule has 4 aliphatic rings. The maximum Gasteiger partial charge on any atom is 0.256 e. The Bertz CT molecular complexity index is 878. The van der Waals surface area contributed by atoms with Gasteiger partial charge in [0.05, 0.1) is 13.0 Å². The number of fused-ring (bicyclic) bond motifs is 1. The van der Waals surface area contributed by atoms with Gasteiger partial charge in [-0.05, 0) is 25.0 Å². The van der Waals surface area contributed by atoms with Crippen LogP contribution in [0.15, 0.2) is 48.8 Å². The summed E-state index contributed by atoms with van der Waals surface area (Å²) in [5.41, 5.74) is -1.95. The number of hydrogen-bond donors (Lipinski definition) is 0. The van der Waals surface area contributed by atoms with Crippen molar-refractivity contribution in [2.24, 2.45) is 17.3 Å². The van der Waals surface area contributed by atoms with Gasteiger partial charge in [-0.15, -0.1) is 13.2 Å². The van der Waals surface area contributed by atoms with Crippen LogP contribution in [-0.2, 0) is 38.0 Å². The van der Waals surface area contributed by atoms with E-state index in [0.717, 1.165) is 5.57 Å². The van der Waals surface area contributed by atoms with Crippen LogP contribution in [0.5, 0.6) is 0 Å². The predicted molar refractivity (Wildman–Crippen MR) is 115 cm³/mol. The van der Waals surface area contributed by atoms with Crippen molar-refractivity contribution in [3.63, 3.8) is 0 Å². The van der Waals surface area contributed by atoms with Crippen LogP contribution in [0.2, 0.25) is 0 Å². The molecule has 0 unspecified atom stereocenters. The molecule has 0 amide bonds. The molecule has 0 aromatic rings. The lowest BCUT2D eigenvalue weighted by Gasteiger charge is -2.67. The van der Waals surface area contributed by atoms with E-state index in [1.54, 1.807) is 24.3 Å². The molecule has 8 heteroatoms. The summed E-state index contributed by atoms with van der Waals surface area (Å²) < 4.78 is 34.8. The molecule has 32 heavy (non-hydrogen) atoms. The summed E-state index contributed by atoms with van der Waals surface area (Å²) in [6.07, 6.45) is 7.53.